The monoisotopic (exact) mass is 272 g/mol. The number of nitrogens with two attached hydrogens (primary N) is 1. The van der Waals surface area contributed by atoms with Gasteiger partial charge in [0.2, 0.25) is 0 Å². The van der Waals surface area contributed by atoms with Crippen molar-refractivity contribution in [3.8, 4) is 0 Å². The van der Waals surface area contributed by atoms with Gasteiger partial charge in [-0.05, 0) is 17.7 Å². The van der Waals surface area contributed by atoms with Gasteiger partial charge in [0.1, 0.15) is 6.00 Å². The van der Waals surface area contributed by atoms with Crippen molar-refractivity contribution in [3.63, 3.8) is 0 Å². The summed E-state index contributed by atoms with van der Waals surface area (Å²) in [5.41, 5.74) is 8.37. The molecule has 0 aromatic heterocycles. The van der Waals surface area contributed by atoms with Crippen LogP contribution in [0.15, 0.2) is 78.4 Å². The molecule has 0 amide bonds. The molecule has 19 heavy (non-hydrogen) atoms. The first-order chi connectivity index (χ1) is 9.27. The van der Waals surface area contributed by atoms with Crippen molar-refractivity contribution in [2.75, 3.05) is 6.00 Å². The number of halogens is 1. The highest BCUT2D eigenvalue weighted by molar-refractivity contribution is 6.19. The zero-order valence-electron chi connectivity index (χ0n) is 10.7. The zero-order valence-corrected chi connectivity index (χ0v) is 11.4. The third-order valence-corrected chi connectivity index (χ3v) is 2.40. The largest absolute Gasteiger partial charge is 0.398 e. The lowest BCUT2D eigenvalue weighted by atomic mass is 10.1. The summed E-state index contributed by atoms with van der Waals surface area (Å²) in [5, 5.41) is 0. The molecule has 0 unspecified atom stereocenters. The van der Waals surface area contributed by atoms with Gasteiger partial charge in [-0.25, -0.2) is 0 Å². The third-order valence-electron chi connectivity index (χ3n) is 2.28. The summed E-state index contributed by atoms with van der Waals surface area (Å²) in [4.78, 5) is 4.17. The average Bonchev–Trinajstić information content (AvgIpc) is 2.44. The van der Waals surface area contributed by atoms with E-state index in [4.69, 9.17) is 17.3 Å². The van der Waals surface area contributed by atoms with Crippen LogP contribution in [-0.4, -0.2) is 11.7 Å². The topological polar surface area (TPSA) is 38.4 Å². The fourth-order valence-electron chi connectivity index (χ4n) is 1.39. The molecule has 0 aliphatic rings. The molecule has 0 bridgehead atoms. The highest BCUT2D eigenvalue weighted by atomic mass is 35.5. The lowest BCUT2D eigenvalue weighted by molar-refractivity contribution is 1.37. The number of hydrogen-bond acceptors (Lipinski definition) is 2. The smallest absolute Gasteiger partial charge is 0.114 e. The van der Waals surface area contributed by atoms with Gasteiger partial charge in [0.15, 0.2) is 0 Å². The summed E-state index contributed by atoms with van der Waals surface area (Å²) in [6.07, 6.45) is 10.9. The van der Waals surface area contributed by atoms with Crippen molar-refractivity contribution in [2.24, 2.45) is 10.7 Å². The Morgan fingerprint density at radius 1 is 1.21 bits per heavy atom. The Morgan fingerprint density at radius 2 is 1.95 bits per heavy atom. The van der Waals surface area contributed by atoms with E-state index in [0.717, 1.165) is 11.3 Å². The molecule has 1 aromatic rings. The van der Waals surface area contributed by atoms with Crippen LogP contribution in [-0.2, 0) is 0 Å². The molecule has 0 aliphatic heterocycles. The maximum absolute atomic E-state index is 6.03. The quantitative estimate of drug-likeness (QED) is 0.362. The highest BCUT2D eigenvalue weighted by Gasteiger charge is 1.96. The van der Waals surface area contributed by atoms with Crippen molar-refractivity contribution in [2.45, 2.75) is 0 Å². The number of benzene rings is 1. The van der Waals surface area contributed by atoms with E-state index in [0.29, 0.717) is 5.70 Å². The molecular weight excluding hydrogens is 256 g/mol. The van der Waals surface area contributed by atoms with Crippen LogP contribution < -0.4 is 5.73 Å². The minimum atomic E-state index is 0.198. The second-order valence-electron chi connectivity index (χ2n) is 3.65. The molecule has 0 atom stereocenters. The molecule has 0 saturated heterocycles. The molecule has 0 spiro atoms. The van der Waals surface area contributed by atoms with Crippen molar-refractivity contribution in [1.29, 1.82) is 0 Å². The van der Waals surface area contributed by atoms with Gasteiger partial charge in [-0.1, -0.05) is 61.2 Å². The molecule has 3 heteroatoms. The van der Waals surface area contributed by atoms with Crippen molar-refractivity contribution < 1.29 is 0 Å². The predicted octanol–water partition coefficient (Wildman–Crippen LogP) is 3.92. The van der Waals surface area contributed by atoms with Crippen LogP contribution in [0.1, 0.15) is 5.56 Å². The van der Waals surface area contributed by atoms with Crippen LogP contribution in [0, 0.1) is 0 Å². The minimum Gasteiger partial charge on any atom is -0.398 e. The molecule has 2 nitrogen and oxygen atoms in total. The van der Waals surface area contributed by atoms with Gasteiger partial charge in [-0.2, -0.15) is 0 Å². The van der Waals surface area contributed by atoms with Crippen molar-refractivity contribution in [3.05, 3.63) is 78.9 Å². The summed E-state index contributed by atoms with van der Waals surface area (Å²) in [5.74, 6) is 0. The SMILES string of the molecule is C=C\C=C/C=C/C(/C=C(\N)c1ccccc1)=N/CCl. The Labute approximate surface area is 119 Å². The highest BCUT2D eigenvalue weighted by Crippen LogP contribution is 2.08. The van der Waals surface area contributed by atoms with Gasteiger partial charge < -0.3 is 5.73 Å². The zero-order chi connectivity index (χ0) is 13.9. The number of alkyl halides is 1. The van der Waals surface area contributed by atoms with E-state index >= 15 is 0 Å². The molecule has 98 valence electrons. The summed E-state index contributed by atoms with van der Waals surface area (Å²) in [6.45, 7) is 3.60. The Morgan fingerprint density at radius 3 is 2.58 bits per heavy atom. The van der Waals surface area contributed by atoms with E-state index in [1.807, 2.05) is 54.6 Å². The fraction of sp³-hybridized carbons (Fsp3) is 0.0625. The second-order valence-corrected chi connectivity index (χ2v) is 3.89. The molecule has 0 heterocycles. The number of aliphatic imine (C=N–C) groups is 1. The van der Waals surface area contributed by atoms with Gasteiger partial charge in [-0.3, -0.25) is 4.99 Å². The molecule has 1 rings (SSSR count). The summed E-state index contributed by atoms with van der Waals surface area (Å²) >= 11 is 5.64. The second kappa shape index (κ2) is 8.95. The number of hydrogen-bond donors (Lipinski definition) is 1. The predicted molar refractivity (Wildman–Crippen MR) is 85.2 cm³/mol. The minimum absolute atomic E-state index is 0.198. The van der Waals surface area contributed by atoms with E-state index in [9.17, 15) is 0 Å². The Bertz CT molecular complexity index is 511. The standard InChI is InChI=1S/C16H17ClN2/c1-2-3-4-8-11-15(19-13-17)12-16(18)14-9-6-5-7-10-14/h2-12H,1,13,18H2/b4-3-,11-8+,16-12-,19-15-. The van der Waals surface area contributed by atoms with Gasteiger partial charge in [0, 0.05) is 5.70 Å². The normalized spacial score (nSPS) is 13.3. The molecule has 0 radical (unpaired) electrons. The average molecular weight is 273 g/mol. The van der Waals surface area contributed by atoms with Crippen LogP contribution in [0.2, 0.25) is 0 Å². The van der Waals surface area contributed by atoms with Crippen molar-refractivity contribution in [1.82, 2.24) is 0 Å². The Kier molecular flexibility index (Phi) is 7.06. The first kappa shape index (κ1) is 15.0. The summed E-state index contributed by atoms with van der Waals surface area (Å²) < 4.78 is 0. The number of rotatable bonds is 6. The first-order valence-electron chi connectivity index (χ1n) is 5.86. The molecular formula is C16H17ClN2. The van der Waals surface area contributed by atoms with Crippen LogP contribution >= 0.6 is 11.6 Å². The van der Waals surface area contributed by atoms with E-state index < -0.39 is 0 Å². The van der Waals surface area contributed by atoms with Crippen LogP contribution in [0.3, 0.4) is 0 Å². The van der Waals surface area contributed by atoms with Crippen molar-refractivity contribution >= 4 is 23.0 Å². The van der Waals surface area contributed by atoms with E-state index in [-0.39, 0.29) is 6.00 Å². The fourth-order valence-corrected chi connectivity index (χ4v) is 1.52. The van der Waals surface area contributed by atoms with Gasteiger partial charge in [0.25, 0.3) is 0 Å². The third kappa shape index (κ3) is 5.89. The van der Waals surface area contributed by atoms with Crippen LogP contribution in [0.25, 0.3) is 5.70 Å². The maximum atomic E-state index is 6.03. The number of allylic oxidation sites excluding steroid dienone is 6. The van der Waals surface area contributed by atoms with E-state index in [1.165, 1.54) is 0 Å². The summed E-state index contributed by atoms with van der Waals surface area (Å²) in [7, 11) is 0. The lowest BCUT2D eigenvalue weighted by Crippen LogP contribution is -2.00. The Hall–Kier alpha value is -2.06. The summed E-state index contributed by atoms with van der Waals surface area (Å²) in [6, 6.07) is 9.93. The first-order valence-corrected chi connectivity index (χ1v) is 6.40. The van der Waals surface area contributed by atoms with Gasteiger partial charge >= 0.3 is 0 Å². The maximum Gasteiger partial charge on any atom is 0.114 e. The van der Waals surface area contributed by atoms with Gasteiger partial charge in [-0.15, -0.1) is 11.6 Å². The number of nitrogens with zero attached hydrogens (tertiary/aromatic N) is 1. The molecule has 0 saturated carbocycles. The molecule has 0 aliphatic carbocycles. The molecule has 2 N–H and O–H groups in total. The molecule has 0 fully saturated rings. The molecule has 1 aromatic carbocycles. The van der Waals surface area contributed by atoms with Gasteiger partial charge in [0.05, 0.1) is 5.71 Å². The van der Waals surface area contributed by atoms with E-state index in [1.54, 1.807) is 12.2 Å². The van der Waals surface area contributed by atoms with E-state index in [2.05, 4.69) is 11.6 Å². The van der Waals surface area contributed by atoms with Crippen LogP contribution in [0.5, 0.6) is 0 Å². The van der Waals surface area contributed by atoms with Crippen LogP contribution in [0.4, 0.5) is 0 Å². The lowest BCUT2D eigenvalue weighted by Gasteiger charge is -2.01. The Balaban J connectivity index is 2.89.